The Bertz CT molecular complexity index is 924. The fourth-order valence-corrected chi connectivity index (χ4v) is 4.59. The van der Waals surface area contributed by atoms with E-state index in [1.807, 2.05) is 0 Å². The minimum absolute atomic E-state index is 0.0749. The standard InChI is InChI=1S/C22H28N2O4S/c1-16-5-3-4-6-21(16)24-22(25)18-9-7-17(8-10-18)15-23-29(26,27)20-13-11-19(28-2)12-14-20/h7-14,16,21,23H,3-6,15H2,1-2H3,(H,24,25)/t16-,21-/m1/s1. The van der Waals surface area contributed by atoms with Crippen LogP contribution in [0.3, 0.4) is 0 Å². The van der Waals surface area contributed by atoms with E-state index >= 15 is 0 Å². The fourth-order valence-electron chi connectivity index (χ4n) is 3.57. The molecule has 1 aliphatic rings. The Morgan fingerprint density at radius 2 is 1.69 bits per heavy atom. The lowest BCUT2D eigenvalue weighted by molar-refractivity contribution is 0.0910. The maximum atomic E-state index is 12.5. The number of carbonyl (C=O) groups is 1. The lowest BCUT2D eigenvalue weighted by Gasteiger charge is -2.29. The summed E-state index contributed by atoms with van der Waals surface area (Å²) >= 11 is 0. The third-order valence-electron chi connectivity index (χ3n) is 5.48. The largest absolute Gasteiger partial charge is 0.497 e. The number of carbonyl (C=O) groups excluding carboxylic acids is 1. The van der Waals surface area contributed by atoms with Crippen molar-refractivity contribution in [3.05, 3.63) is 59.7 Å². The highest BCUT2D eigenvalue weighted by Crippen LogP contribution is 2.24. The van der Waals surface area contributed by atoms with Crippen molar-refractivity contribution in [2.45, 2.75) is 50.1 Å². The molecule has 1 fully saturated rings. The van der Waals surface area contributed by atoms with Gasteiger partial charge >= 0.3 is 0 Å². The van der Waals surface area contributed by atoms with Gasteiger partial charge in [0.15, 0.2) is 0 Å². The summed E-state index contributed by atoms with van der Waals surface area (Å²) in [6.45, 7) is 2.33. The fraction of sp³-hybridized carbons (Fsp3) is 0.409. The molecular formula is C22H28N2O4S. The average molecular weight is 417 g/mol. The molecule has 2 atom stereocenters. The molecule has 7 heteroatoms. The first-order valence-electron chi connectivity index (χ1n) is 9.92. The van der Waals surface area contributed by atoms with Crippen LogP contribution in [0.15, 0.2) is 53.4 Å². The number of benzene rings is 2. The van der Waals surface area contributed by atoms with E-state index in [9.17, 15) is 13.2 Å². The molecule has 0 aliphatic heterocycles. The summed E-state index contributed by atoms with van der Waals surface area (Å²) in [5, 5.41) is 3.13. The van der Waals surface area contributed by atoms with Crippen molar-refractivity contribution in [2.24, 2.45) is 5.92 Å². The second-order valence-corrected chi connectivity index (χ2v) is 9.31. The van der Waals surface area contributed by atoms with E-state index in [0.29, 0.717) is 17.2 Å². The Balaban J connectivity index is 1.57. The molecule has 1 amide bonds. The summed E-state index contributed by atoms with van der Waals surface area (Å²) in [6, 6.07) is 13.5. The maximum absolute atomic E-state index is 12.5. The van der Waals surface area contributed by atoms with Crippen molar-refractivity contribution >= 4 is 15.9 Å². The van der Waals surface area contributed by atoms with E-state index in [1.165, 1.54) is 25.7 Å². The van der Waals surface area contributed by atoms with Gasteiger partial charge in [0.2, 0.25) is 10.0 Å². The van der Waals surface area contributed by atoms with Crippen molar-refractivity contribution in [3.63, 3.8) is 0 Å². The van der Waals surface area contributed by atoms with Crippen molar-refractivity contribution in [3.8, 4) is 5.75 Å². The molecule has 0 bridgehead atoms. The van der Waals surface area contributed by atoms with Gasteiger partial charge in [0, 0.05) is 18.2 Å². The van der Waals surface area contributed by atoms with Crippen molar-refractivity contribution in [1.29, 1.82) is 0 Å². The van der Waals surface area contributed by atoms with Crippen LogP contribution >= 0.6 is 0 Å². The van der Waals surface area contributed by atoms with E-state index in [-0.39, 0.29) is 23.4 Å². The first-order chi connectivity index (χ1) is 13.9. The number of methoxy groups -OCH3 is 1. The quantitative estimate of drug-likeness (QED) is 0.724. The number of sulfonamides is 1. The summed E-state index contributed by atoms with van der Waals surface area (Å²) in [4.78, 5) is 12.7. The lowest BCUT2D eigenvalue weighted by Crippen LogP contribution is -2.41. The number of ether oxygens (including phenoxy) is 1. The highest BCUT2D eigenvalue weighted by atomic mass is 32.2. The summed E-state index contributed by atoms with van der Waals surface area (Å²) in [5.41, 5.74) is 1.37. The summed E-state index contributed by atoms with van der Waals surface area (Å²) < 4.78 is 32.5. The SMILES string of the molecule is COc1ccc(S(=O)(=O)NCc2ccc(C(=O)N[C@@H]3CCCC[C@H]3C)cc2)cc1. The Morgan fingerprint density at radius 3 is 2.31 bits per heavy atom. The van der Waals surface area contributed by atoms with Crippen LogP contribution in [0, 0.1) is 5.92 Å². The lowest BCUT2D eigenvalue weighted by atomic mass is 9.86. The van der Waals surface area contributed by atoms with Gasteiger partial charge in [0.25, 0.3) is 5.91 Å². The second kappa shape index (κ2) is 9.41. The molecule has 2 aromatic rings. The first-order valence-corrected chi connectivity index (χ1v) is 11.4. The van der Waals surface area contributed by atoms with Gasteiger partial charge in [-0.15, -0.1) is 0 Å². The highest BCUT2D eigenvalue weighted by molar-refractivity contribution is 7.89. The molecule has 1 aliphatic carbocycles. The van der Waals surface area contributed by atoms with E-state index in [2.05, 4.69) is 17.0 Å². The van der Waals surface area contributed by atoms with Crippen molar-refractivity contribution < 1.29 is 17.9 Å². The van der Waals surface area contributed by atoms with Gasteiger partial charge < -0.3 is 10.1 Å². The summed E-state index contributed by atoms with van der Waals surface area (Å²) in [7, 11) is -2.09. The first kappa shape index (κ1) is 21.3. The third-order valence-corrected chi connectivity index (χ3v) is 6.90. The third kappa shape index (κ3) is 5.58. The Hall–Kier alpha value is -2.38. The van der Waals surface area contributed by atoms with Crippen LogP contribution in [-0.4, -0.2) is 27.5 Å². The van der Waals surface area contributed by atoms with Crippen LogP contribution in [0.1, 0.15) is 48.5 Å². The van der Waals surface area contributed by atoms with Gasteiger partial charge in [0.1, 0.15) is 5.75 Å². The van der Waals surface area contributed by atoms with E-state index in [4.69, 9.17) is 4.74 Å². The topological polar surface area (TPSA) is 84.5 Å². The summed E-state index contributed by atoms with van der Waals surface area (Å²) in [5.74, 6) is 1.02. The number of hydrogen-bond donors (Lipinski definition) is 2. The molecule has 0 unspecified atom stereocenters. The minimum atomic E-state index is -3.62. The van der Waals surface area contributed by atoms with Gasteiger partial charge in [-0.1, -0.05) is 31.9 Å². The smallest absolute Gasteiger partial charge is 0.251 e. The van der Waals surface area contributed by atoms with E-state index in [0.717, 1.165) is 24.8 Å². The molecule has 1 saturated carbocycles. The number of rotatable bonds is 7. The van der Waals surface area contributed by atoms with Crippen LogP contribution in [0.2, 0.25) is 0 Å². The Labute approximate surface area is 172 Å². The minimum Gasteiger partial charge on any atom is -0.497 e. The zero-order valence-electron chi connectivity index (χ0n) is 16.9. The molecule has 0 saturated heterocycles. The predicted octanol–water partition coefficient (Wildman–Crippen LogP) is 3.48. The zero-order chi connectivity index (χ0) is 20.9. The van der Waals surface area contributed by atoms with Gasteiger partial charge in [-0.05, 0) is 60.7 Å². The average Bonchev–Trinajstić information content (AvgIpc) is 2.74. The molecule has 0 aromatic heterocycles. The Kier molecular flexibility index (Phi) is 6.92. The Morgan fingerprint density at radius 1 is 1.03 bits per heavy atom. The molecule has 0 heterocycles. The normalized spacial score (nSPS) is 19.5. The number of amides is 1. The van der Waals surface area contributed by atoms with Gasteiger partial charge in [-0.2, -0.15) is 0 Å². The highest BCUT2D eigenvalue weighted by Gasteiger charge is 2.23. The molecule has 6 nitrogen and oxygen atoms in total. The van der Waals surface area contributed by atoms with Gasteiger partial charge in [0.05, 0.1) is 12.0 Å². The van der Waals surface area contributed by atoms with Crippen LogP contribution in [0.4, 0.5) is 0 Å². The van der Waals surface area contributed by atoms with E-state index in [1.54, 1.807) is 36.4 Å². The molecule has 0 spiro atoms. The molecule has 2 N–H and O–H groups in total. The number of hydrogen-bond acceptors (Lipinski definition) is 4. The maximum Gasteiger partial charge on any atom is 0.251 e. The monoisotopic (exact) mass is 416 g/mol. The summed E-state index contributed by atoms with van der Waals surface area (Å²) in [6.07, 6.45) is 4.56. The zero-order valence-corrected chi connectivity index (χ0v) is 17.7. The van der Waals surface area contributed by atoms with E-state index < -0.39 is 10.0 Å². The molecule has 3 rings (SSSR count). The molecule has 0 radical (unpaired) electrons. The van der Waals surface area contributed by atoms with Crippen LogP contribution in [0.5, 0.6) is 5.75 Å². The van der Waals surface area contributed by atoms with Crippen molar-refractivity contribution in [1.82, 2.24) is 10.0 Å². The van der Waals surface area contributed by atoms with Crippen LogP contribution in [0.25, 0.3) is 0 Å². The molecule has 156 valence electrons. The van der Waals surface area contributed by atoms with Crippen LogP contribution in [-0.2, 0) is 16.6 Å². The molecular weight excluding hydrogens is 388 g/mol. The number of nitrogens with one attached hydrogen (secondary N) is 2. The van der Waals surface area contributed by atoms with Crippen molar-refractivity contribution in [2.75, 3.05) is 7.11 Å². The molecule has 29 heavy (non-hydrogen) atoms. The van der Waals surface area contributed by atoms with Gasteiger partial charge in [-0.3, -0.25) is 4.79 Å². The van der Waals surface area contributed by atoms with Gasteiger partial charge in [-0.25, -0.2) is 13.1 Å². The predicted molar refractivity (Wildman–Crippen MR) is 112 cm³/mol. The van der Waals surface area contributed by atoms with Crippen LogP contribution < -0.4 is 14.8 Å². The molecule has 2 aromatic carbocycles. The second-order valence-electron chi connectivity index (χ2n) is 7.54.